The number of nitrogens with one attached hydrogen (secondary N) is 1. The quantitative estimate of drug-likeness (QED) is 0.783. The summed E-state index contributed by atoms with van der Waals surface area (Å²) in [6.07, 6.45) is 0. The molecule has 6 nitrogen and oxygen atoms in total. The Hall–Kier alpha value is -3.02. The van der Waals surface area contributed by atoms with Crippen LogP contribution in [0.2, 0.25) is 0 Å². The number of amides is 1. The molecular weight excluding hydrogens is 322 g/mol. The third kappa shape index (κ3) is 4.50. The molecule has 2 aromatic rings. The summed E-state index contributed by atoms with van der Waals surface area (Å²) in [5.41, 5.74) is 0.906. The lowest BCUT2D eigenvalue weighted by atomic mass is 10.0. The zero-order valence-corrected chi connectivity index (χ0v) is 14.4. The molecule has 6 heteroatoms. The van der Waals surface area contributed by atoms with Crippen LogP contribution >= 0.6 is 0 Å². The molecule has 1 atom stereocenters. The van der Waals surface area contributed by atoms with Crippen molar-refractivity contribution in [1.82, 2.24) is 5.32 Å². The van der Waals surface area contributed by atoms with E-state index in [2.05, 4.69) is 5.32 Å². The first-order valence-corrected chi connectivity index (χ1v) is 7.85. The average molecular weight is 343 g/mol. The van der Waals surface area contributed by atoms with Gasteiger partial charge in [0, 0.05) is 11.1 Å². The van der Waals surface area contributed by atoms with Crippen LogP contribution in [0.1, 0.15) is 28.9 Å². The smallest absolute Gasteiger partial charge is 0.333 e. The predicted octanol–water partition coefficient (Wildman–Crippen LogP) is 2.74. The van der Waals surface area contributed by atoms with Crippen LogP contribution in [-0.2, 0) is 9.53 Å². The fourth-order valence-corrected chi connectivity index (χ4v) is 2.36. The van der Waals surface area contributed by atoms with E-state index in [1.54, 1.807) is 49.4 Å². The molecule has 1 amide bonds. The third-order valence-corrected chi connectivity index (χ3v) is 3.58. The van der Waals surface area contributed by atoms with Gasteiger partial charge in [0.2, 0.25) is 0 Å². The molecule has 0 fully saturated rings. The summed E-state index contributed by atoms with van der Waals surface area (Å²) in [7, 11) is 3.01. The van der Waals surface area contributed by atoms with E-state index in [-0.39, 0.29) is 12.5 Å². The summed E-state index contributed by atoms with van der Waals surface area (Å²) in [5.74, 6) is 0.0353. The molecule has 25 heavy (non-hydrogen) atoms. The lowest BCUT2D eigenvalue weighted by molar-refractivity contribution is -0.145. The van der Waals surface area contributed by atoms with Gasteiger partial charge in [-0.3, -0.25) is 4.79 Å². The molecule has 0 radical (unpaired) electrons. The topological polar surface area (TPSA) is 73.9 Å². The van der Waals surface area contributed by atoms with Gasteiger partial charge in [0.1, 0.15) is 11.5 Å². The Bertz CT molecular complexity index is 730. The fraction of sp³-hybridized carbons (Fsp3) is 0.263. The van der Waals surface area contributed by atoms with Crippen LogP contribution in [0.5, 0.6) is 11.5 Å². The first kappa shape index (κ1) is 18.3. The zero-order chi connectivity index (χ0) is 18.2. The highest BCUT2D eigenvalue weighted by Gasteiger charge is 2.28. The molecule has 2 rings (SSSR count). The minimum Gasteiger partial charge on any atom is -0.497 e. The van der Waals surface area contributed by atoms with E-state index in [1.165, 1.54) is 14.2 Å². The molecule has 0 aliphatic rings. The highest BCUT2D eigenvalue weighted by Crippen LogP contribution is 2.30. The van der Waals surface area contributed by atoms with E-state index in [0.717, 1.165) is 0 Å². The Morgan fingerprint density at radius 3 is 2.36 bits per heavy atom. The van der Waals surface area contributed by atoms with Gasteiger partial charge in [-0.1, -0.05) is 18.2 Å². The molecule has 2 aromatic carbocycles. The lowest BCUT2D eigenvalue weighted by Gasteiger charge is -2.20. The van der Waals surface area contributed by atoms with Gasteiger partial charge < -0.3 is 19.5 Å². The monoisotopic (exact) mass is 343 g/mol. The summed E-state index contributed by atoms with van der Waals surface area (Å²) < 4.78 is 15.7. The highest BCUT2D eigenvalue weighted by atomic mass is 16.5. The van der Waals surface area contributed by atoms with Gasteiger partial charge in [-0.05, 0) is 37.3 Å². The molecule has 1 N–H and O–H groups in total. The van der Waals surface area contributed by atoms with Crippen molar-refractivity contribution in [3.8, 4) is 11.5 Å². The summed E-state index contributed by atoms with van der Waals surface area (Å²) in [6.45, 7) is 1.90. The number of rotatable bonds is 7. The Kier molecular flexibility index (Phi) is 6.39. The molecule has 0 heterocycles. The minimum atomic E-state index is -1.02. The Balaban J connectivity index is 2.39. The highest BCUT2D eigenvalue weighted by molar-refractivity contribution is 5.97. The molecule has 0 aliphatic heterocycles. The standard InChI is InChI=1S/C19H21NO5/c1-4-25-19(22)17(20-18(21)13-8-6-5-7-9-13)15-12-14(23-2)10-11-16(15)24-3/h5-12,17H,4H2,1-3H3,(H,20,21). The first-order valence-electron chi connectivity index (χ1n) is 7.85. The number of ether oxygens (including phenoxy) is 3. The van der Waals surface area contributed by atoms with Crippen LogP contribution in [0.3, 0.4) is 0 Å². The van der Waals surface area contributed by atoms with E-state index in [9.17, 15) is 9.59 Å². The third-order valence-electron chi connectivity index (χ3n) is 3.58. The van der Waals surface area contributed by atoms with Crippen molar-refractivity contribution in [3.63, 3.8) is 0 Å². The summed E-state index contributed by atoms with van der Waals surface area (Å²) in [4.78, 5) is 24.9. The number of carbonyl (C=O) groups excluding carboxylic acids is 2. The van der Waals surface area contributed by atoms with Crippen molar-refractivity contribution in [3.05, 3.63) is 59.7 Å². The van der Waals surface area contributed by atoms with E-state index in [1.807, 2.05) is 6.07 Å². The van der Waals surface area contributed by atoms with Crippen LogP contribution in [0, 0.1) is 0 Å². The van der Waals surface area contributed by atoms with E-state index >= 15 is 0 Å². The van der Waals surface area contributed by atoms with Gasteiger partial charge in [0.25, 0.3) is 5.91 Å². The van der Waals surface area contributed by atoms with E-state index < -0.39 is 12.0 Å². The second kappa shape index (κ2) is 8.73. The van der Waals surface area contributed by atoms with E-state index in [0.29, 0.717) is 22.6 Å². The maximum atomic E-state index is 12.5. The van der Waals surface area contributed by atoms with Gasteiger partial charge in [0.15, 0.2) is 6.04 Å². The normalized spacial score (nSPS) is 11.3. The number of esters is 1. The lowest BCUT2D eigenvalue weighted by Crippen LogP contribution is -2.35. The van der Waals surface area contributed by atoms with Crippen LogP contribution in [0.15, 0.2) is 48.5 Å². The van der Waals surface area contributed by atoms with Gasteiger partial charge in [-0.2, -0.15) is 0 Å². The molecule has 0 saturated carbocycles. The Labute approximate surface area is 146 Å². The Morgan fingerprint density at radius 2 is 1.76 bits per heavy atom. The first-order chi connectivity index (χ1) is 12.1. The van der Waals surface area contributed by atoms with Crippen LogP contribution in [-0.4, -0.2) is 32.7 Å². The maximum absolute atomic E-state index is 12.5. The molecule has 0 aliphatic carbocycles. The molecule has 1 unspecified atom stereocenters. The molecule has 0 bridgehead atoms. The van der Waals surface area contributed by atoms with Crippen molar-refractivity contribution < 1.29 is 23.8 Å². The average Bonchev–Trinajstić information content (AvgIpc) is 2.66. The SMILES string of the molecule is CCOC(=O)C(NC(=O)c1ccccc1)c1cc(OC)ccc1OC. The second-order valence-electron chi connectivity index (χ2n) is 5.13. The van der Waals surface area contributed by atoms with Gasteiger partial charge in [-0.25, -0.2) is 4.79 Å². The van der Waals surface area contributed by atoms with Gasteiger partial charge in [-0.15, -0.1) is 0 Å². The number of hydrogen-bond acceptors (Lipinski definition) is 5. The number of methoxy groups -OCH3 is 2. The van der Waals surface area contributed by atoms with Crippen molar-refractivity contribution in [2.24, 2.45) is 0 Å². The summed E-state index contributed by atoms with van der Waals surface area (Å²) in [5, 5.41) is 2.71. The zero-order valence-electron chi connectivity index (χ0n) is 14.4. The summed E-state index contributed by atoms with van der Waals surface area (Å²) >= 11 is 0. The minimum absolute atomic E-state index is 0.197. The predicted molar refractivity (Wildman–Crippen MR) is 92.8 cm³/mol. The van der Waals surface area contributed by atoms with Crippen LogP contribution in [0.25, 0.3) is 0 Å². The Morgan fingerprint density at radius 1 is 1.04 bits per heavy atom. The van der Waals surface area contributed by atoms with Crippen molar-refractivity contribution >= 4 is 11.9 Å². The largest absolute Gasteiger partial charge is 0.497 e. The van der Waals surface area contributed by atoms with Crippen molar-refractivity contribution in [2.45, 2.75) is 13.0 Å². The summed E-state index contributed by atoms with van der Waals surface area (Å²) in [6, 6.07) is 12.7. The number of hydrogen-bond donors (Lipinski definition) is 1. The number of carbonyl (C=O) groups is 2. The van der Waals surface area contributed by atoms with E-state index in [4.69, 9.17) is 14.2 Å². The molecular formula is C19H21NO5. The fourth-order valence-electron chi connectivity index (χ4n) is 2.36. The molecule has 0 saturated heterocycles. The van der Waals surface area contributed by atoms with Gasteiger partial charge >= 0.3 is 5.97 Å². The number of benzene rings is 2. The van der Waals surface area contributed by atoms with Crippen LogP contribution in [0.4, 0.5) is 0 Å². The maximum Gasteiger partial charge on any atom is 0.333 e. The van der Waals surface area contributed by atoms with Crippen molar-refractivity contribution in [1.29, 1.82) is 0 Å². The van der Waals surface area contributed by atoms with Crippen molar-refractivity contribution in [2.75, 3.05) is 20.8 Å². The van der Waals surface area contributed by atoms with Crippen LogP contribution < -0.4 is 14.8 Å². The molecule has 0 aromatic heterocycles. The molecule has 0 spiro atoms. The molecule has 132 valence electrons. The second-order valence-corrected chi connectivity index (χ2v) is 5.13. The van der Waals surface area contributed by atoms with Gasteiger partial charge in [0.05, 0.1) is 20.8 Å².